The Labute approximate surface area is 190 Å². The Morgan fingerprint density at radius 1 is 1.22 bits per heavy atom. The number of methoxy groups -OCH3 is 2. The molecule has 7 heteroatoms. The summed E-state index contributed by atoms with van der Waals surface area (Å²) in [5.41, 5.74) is -1.20. The van der Waals surface area contributed by atoms with Crippen molar-refractivity contribution in [3.05, 3.63) is 0 Å². The van der Waals surface area contributed by atoms with Crippen LogP contribution in [0, 0.1) is 40.4 Å². The molecule has 0 aromatic rings. The normalized spacial score (nSPS) is 57.5. The quantitative estimate of drug-likeness (QED) is 0.614. The van der Waals surface area contributed by atoms with Crippen molar-refractivity contribution in [3.63, 3.8) is 0 Å². The molecule has 180 valence electrons. The van der Waals surface area contributed by atoms with Crippen molar-refractivity contribution in [2.24, 2.45) is 40.4 Å². The van der Waals surface area contributed by atoms with E-state index >= 15 is 0 Å². The molecule has 0 radical (unpaired) electrons. The van der Waals surface area contributed by atoms with Crippen LogP contribution in [-0.2, 0) is 19.0 Å². The van der Waals surface area contributed by atoms with Gasteiger partial charge in [-0.05, 0) is 44.1 Å². The molecule has 1 aliphatic heterocycles. The van der Waals surface area contributed by atoms with Crippen LogP contribution in [0.4, 0.5) is 0 Å². The van der Waals surface area contributed by atoms with E-state index in [1.165, 1.54) is 6.92 Å². The van der Waals surface area contributed by atoms with E-state index in [2.05, 4.69) is 11.8 Å². The highest BCUT2D eigenvalue weighted by atomic mass is 16.5. The van der Waals surface area contributed by atoms with Crippen molar-refractivity contribution < 1.29 is 29.2 Å². The second-order valence-electron chi connectivity index (χ2n) is 11.8. The van der Waals surface area contributed by atoms with Gasteiger partial charge in [-0.1, -0.05) is 6.92 Å². The predicted octanol–water partition coefficient (Wildman–Crippen LogP) is 1.45. The number of carbonyl (C=O) groups excluding carboxylic acids is 1. The van der Waals surface area contributed by atoms with E-state index in [0.29, 0.717) is 18.9 Å². The molecular weight excluding hydrogens is 410 g/mol. The zero-order valence-corrected chi connectivity index (χ0v) is 19.8. The lowest BCUT2D eigenvalue weighted by molar-refractivity contribution is -0.274. The number of aliphatic hydroxyl groups is 2. The summed E-state index contributed by atoms with van der Waals surface area (Å²) >= 11 is 0. The Morgan fingerprint density at radius 2 is 2.00 bits per heavy atom. The average molecular weight is 450 g/mol. The van der Waals surface area contributed by atoms with Gasteiger partial charge in [0.25, 0.3) is 0 Å². The maximum Gasteiger partial charge on any atom is 0.302 e. The number of esters is 1. The molecule has 1 spiro atoms. The lowest BCUT2D eigenvalue weighted by Crippen LogP contribution is -2.76. The van der Waals surface area contributed by atoms with Crippen LogP contribution in [0.2, 0.25) is 0 Å². The highest BCUT2D eigenvalue weighted by Gasteiger charge is 2.83. The van der Waals surface area contributed by atoms with Crippen molar-refractivity contribution in [3.8, 4) is 0 Å². The van der Waals surface area contributed by atoms with Crippen molar-refractivity contribution >= 4 is 5.97 Å². The van der Waals surface area contributed by atoms with Crippen molar-refractivity contribution in [1.82, 2.24) is 4.90 Å². The number of aliphatic hydroxyl groups excluding tert-OH is 1. The minimum atomic E-state index is -0.942. The van der Waals surface area contributed by atoms with Gasteiger partial charge in [-0.2, -0.15) is 0 Å². The maximum absolute atomic E-state index is 12.5. The van der Waals surface area contributed by atoms with Crippen molar-refractivity contribution in [2.45, 2.75) is 75.9 Å². The smallest absolute Gasteiger partial charge is 0.302 e. The SMILES string of the molecule is CCN1C[C@]2(COC)CC[C@H](O)[C@@]34[C@H]5C[C@H]6[C@H](OC(C)=O)[C@@H]5[C@](O)(C[C@@H]6OC)[C@@H](C[C@@H]23)[C@@H]14. The first-order valence-electron chi connectivity index (χ1n) is 12.6. The Kier molecular flexibility index (Phi) is 4.70. The first kappa shape index (κ1) is 21.8. The van der Waals surface area contributed by atoms with Gasteiger partial charge in [-0.3, -0.25) is 9.69 Å². The fraction of sp³-hybridized carbons (Fsp3) is 0.960. The third-order valence-corrected chi connectivity index (χ3v) is 11.2. The van der Waals surface area contributed by atoms with Gasteiger partial charge in [0, 0.05) is 68.7 Å². The highest BCUT2D eigenvalue weighted by Crippen LogP contribution is 2.79. The van der Waals surface area contributed by atoms with Crippen LogP contribution in [0.1, 0.15) is 46.0 Å². The number of fused-ring (bicyclic) bond motifs is 2. The topological polar surface area (TPSA) is 88.5 Å². The molecule has 12 atom stereocenters. The van der Waals surface area contributed by atoms with Crippen LogP contribution in [0.25, 0.3) is 0 Å². The molecule has 5 aliphatic carbocycles. The number of nitrogens with zero attached hydrogens (tertiary/aromatic N) is 1. The number of ether oxygens (including phenoxy) is 3. The van der Waals surface area contributed by atoms with Gasteiger partial charge in [0.05, 0.1) is 24.4 Å². The Balaban J connectivity index is 1.56. The first-order valence-corrected chi connectivity index (χ1v) is 12.6. The number of hydrogen-bond acceptors (Lipinski definition) is 7. The Hall–Kier alpha value is -0.730. The lowest BCUT2D eigenvalue weighted by atomic mass is 9.43. The van der Waals surface area contributed by atoms with E-state index in [1.807, 2.05) is 0 Å². The summed E-state index contributed by atoms with van der Waals surface area (Å²) in [4.78, 5) is 14.7. The summed E-state index contributed by atoms with van der Waals surface area (Å²) in [5, 5.41) is 24.4. The van der Waals surface area contributed by atoms with Crippen LogP contribution in [0.15, 0.2) is 0 Å². The largest absolute Gasteiger partial charge is 0.462 e. The number of piperidine rings is 1. The van der Waals surface area contributed by atoms with Crippen LogP contribution in [-0.4, -0.2) is 85.0 Å². The number of likely N-dealkylation sites (tertiary alicyclic amines) is 1. The van der Waals surface area contributed by atoms with Crippen LogP contribution in [0.3, 0.4) is 0 Å². The minimum Gasteiger partial charge on any atom is -0.462 e. The molecule has 7 bridgehead atoms. The number of hydrogen-bond donors (Lipinski definition) is 2. The molecule has 5 saturated carbocycles. The molecule has 6 fully saturated rings. The number of carbonyl (C=O) groups is 1. The van der Waals surface area contributed by atoms with E-state index in [-0.39, 0.29) is 58.7 Å². The summed E-state index contributed by atoms with van der Waals surface area (Å²) in [6, 6.07) is 0.163. The zero-order valence-electron chi connectivity index (χ0n) is 19.8. The van der Waals surface area contributed by atoms with E-state index in [1.54, 1.807) is 14.2 Å². The molecule has 2 N–H and O–H groups in total. The summed E-state index contributed by atoms with van der Waals surface area (Å²) in [6.45, 7) is 6.27. The third kappa shape index (κ3) is 2.28. The summed E-state index contributed by atoms with van der Waals surface area (Å²) < 4.78 is 17.7. The molecule has 0 amide bonds. The number of rotatable bonds is 5. The highest BCUT2D eigenvalue weighted by molar-refractivity contribution is 5.66. The Bertz CT molecular complexity index is 807. The standard InChI is InChI=1S/C25H39NO6/c1-5-26-11-23(12-30-3)7-6-19(28)25-15-8-14-17(31-4)10-24(29,16(22(25)26)9-18(23)25)20(15)21(14)32-13(2)27/h14-22,28-29H,5-12H2,1-4H3/t14-,15+,16+,17+,18+,19+,20-,21+,22-,23+,24+,25-/m1/s1. The van der Waals surface area contributed by atoms with E-state index < -0.39 is 11.7 Å². The maximum atomic E-state index is 12.5. The van der Waals surface area contributed by atoms with Crippen LogP contribution >= 0.6 is 0 Å². The van der Waals surface area contributed by atoms with Gasteiger partial charge in [0.15, 0.2) is 0 Å². The second kappa shape index (κ2) is 6.91. The predicted molar refractivity (Wildman–Crippen MR) is 116 cm³/mol. The van der Waals surface area contributed by atoms with Gasteiger partial charge in [0.1, 0.15) is 6.10 Å². The second-order valence-corrected chi connectivity index (χ2v) is 11.8. The Morgan fingerprint density at radius 3 is 2.66 bits per heavy atom. The van der Waals surface area contributed by atoms with Crippen LogP contribution < -0.4 is 0 Å². The van der Waals surface area contributed by atoms with E-state index in [0.717, 1.165) is 38.8 Å². The molecule has 1 saturated heterocycles. The summed E-state index contributed by atoms with van der Waals surface area (Å²) in [5.74, 6) is 0.164. The molecule has 0 unspecified atom stereocenters. The van der Waals surface area contributed by atoms with Gasteiger partial charge < -0.3 is 24.4 Å². The third-order valence-electron chi connectivity index (χ3n) is 11.2. The average Bonchev–Trinajstić information content (AvgIpc) is 3.20. The van der Waals surface area contributed by atoms with E-state index in [4.69, 9.17) is 14.2 Å². The van der Waals surface area contributed by atoms with Gasteiger partial charge in [-0.15, -0.1) is 0 Å². The van der Waals surface area contributed by atoms with E-state index in [9.17, 15) is 15.0 Å². The van der Waals surface area contributed by atoms with Gasteiger partial charge in [-0.25, -0.2) is 0 Å². The van der Waals surface area contributed by atoms with Crippen LogP contribution in [0.5, 0.6) is 0 Å². The lowest BCUT2D eigenvalue weighted by Gasteiger charge is -2.69. The molecule has 6 aliphatic rings. The van der Waals surface area contributed by atoms with Gasteiger partial charge in [0.2, 0.25) is 0 Å². The summed E-state index contributed by atoms with van der Waals surface area (Å²) in [7, 11) is 3.51. The molecular formula is C25H39NO6. The zero-order chi connectivity index (χ0) is 22.6. The molecule has 6 rings (SSSR count). The minimum absolute atomic E-state index is 0.0138. The fourth-order valence-electron chi connectivity index (χ4n) is 10.7. The monoisotopic (exact) mass is 449 g/mol. The molecule has 0 aromatic carbocycles. The van der Waals surface area contributed by atoms with Gasteiger partial charge >= 0.3 is 5.97 Å². The molecule has 1 heterocycles. The first-order chi connectivity index (χ1) is 15.3. The molecule has 0 aromatic heterocycles. The van der Waals surface area contributed by atoms with Crippen molar-refractivity contribution in [1.29, 1.82) is 0 Å². The fourth-order valence-corrected chi connectivity index (χ4v) is 10.7. The molecule has 7 nitrogen and oxygen atoms in total. The van der Waals surface area contributed by atoms with Crippen molar-refractivity contribution in [2.75, 3.05) is 33.9 Å². The molecule has 32 heavy (non-hydrogen) atoms. The summed E-state index contributed by atoms with van der Waals surface area (Å²) in [6.07, 6.45) is 3.27.